The summed E-state index contributed by atoms with van der Waals surface area (Å²) in [6.45, 7) is 8.29. The molecule has 0 spiro atoms. The molecule has 1 aliphatic rings. The molecule has 3 heterocycles. The molecule has 0 unspecified atom stereocenters. The van der Waals surface area contributed by atoms with Crippen molar-refractivity contribution in [2.24, 2.45) is 0 Å². The molecular formula is C23H32N6O2S. The smallest absolute Gasteiger partial charge is 0.214 e. The van der Waals surface area contributed by atoms with Gasteiger partial charge in [-0.1, -0.05) is 38.5 Å². The zero-order chi connectivity index (χ0) is 22.7. The Morgan fingerprint density at radius 1 is 0.969 bits per heavy atom. The highest BCUT2D eigenvalue weighted by Crippen LogP contribution is 2.30. The van der Waals surface area contributed by atoms with E-state index < -0.39 is 10.0 Å². The Hall–Kier alpha value is -2.52. The van der Waals surface area contributed by atoms with Crippen molar-refractivity contribution in [3.63, 3.8) is 0 Å². The molecule has 4 rings (SSSR count). The minimum atomic E-state index is -3.19. The molecule has 3 aromatic rings. The predicted octanol–water partition coefficient (Wildman–Crippen LogP) is 3.33. The summed E-state index contributed by atoms with van der Waals surface area (Å²) in [6, 6.07) is 10.0. The van der Waals surface area contributed by atoms with E-state index in [1.54, 1.807) is 4.31 Å². The molecule has 32 heavy (non-hydrogen) atoms. The third-order valence-electron chi connectivity index (χ3n) is 5.89. The molecule has 0 aliphatic carbocycles. The van der Waals surface area contributed by atoms with Gasteiger partial charge < -0.3 is 4.90 Å². The molecule has 1 aromatic carbocycles. The Bertz CT molecular complexity index is 1170. The monoisotopic (exact) mass is 456 g/mol. The standard InChI is InChI=1S/C23H32N6O2S/c1-4-6-17-32(30,31)28-15-13-27(14-16-28)22-21-18(3)26-29(19-11-8-7-9-12-19)23(21)25-20(24-22)10-5-2/h7-9,11-12H,4-6,10,13-17H2,1-3H3. The minimum absolute atomic E-state index is 0.227. The predicted molar refractivity (Wildman–Crippen MR) is 128 cm³/mol. The van der Waals surface area contributed by atoms with Gasteiger partial charge in [0.15, 0.2) is 5.65 Å². The summed E-state index contributed by atoms with van der Waals surface area (Å²) < 4.78 is 28.8. The fourth-order valence-corrected chi connectivity index (χ4v) is 5.78. The Morgan fingerprint density at radius 3 is 2.34 bits per heavy atom. The summed E-state index contributed by atoms with van der Waals surface area (Å²) >= 11 is 0. The summed E-state index contributed by atoms with van der Waals surface area (Å²) in [4.78, 5) is 12.0. The van der Waals surface area contributed by atoms with Gasteiger partial charge in [0.2, 0.25) is 10.0 Å². The largest absolute Gasteiger partial charge is 0.353 e. The second-order valence-corrected chi connectivity index (χ2v) is 10.4. The Kier molecular flexibility index (Phi) is 6.76. The van der Waals surface area contributed by atoms with E-state index in [4.69, 9.17) is 15.1 Å². The summed E-state index contributed by atoms with van der Waals surface area (Å²) in [6.07, 6.45) is 3.32. The third kappa shape index (κ3) is 4.49. The van der Waals surface area contributed by atoms with Crippen molar-refractivity contribution in [1.82, 2.24) is 24.1 Å². The van der Waals surface area contributed by atoms with Gasteiger partial charge in [0.1, 0.15) is 11.6 Å². The zero-order valence-electron chi connectivity index (χ0n) is 19.2. The number of aromatic nitrogens is 4. The fraction of sp³-hybridized carbons (Fsp3) is 0.522. The second-order valence-electron chi connectivity index (χ2n) is 8.30. The van der Waals surface area contributed by atoms with Gasteiger partial charge in [0.25, 0.3) is 0 Å². The number of sulfonamides is 1. The van der Waals surface area contributed by atoms with E-state index in [0.717, 1.165) is 53.3 Å². The molecule has 172 valence electrons. The number of benzene rings is 1. The number of rotatable bonds is 8. The molecule has 9 heteroatoms. The molecule has 2 aromatic heterocycles. The number of hydrogen-bond donors (Lipinski definition) is 0. The molecule has 8 nitrogen and oxygen atoms in total. The van der Waals surface area contributed by atoms with E-state index in [2.05, 4.69) is 11.8 Å². The van der Waals surface area contributed by atoms with Crippen LogP contribution in [0.4, 0.5) is 5.82 Å². The van der Waals surface area contributed by atoms with Gasteiger partial charge in [-0.25, -0.2) is 23.1 Å². The number of fused-ring (bicyclic) bond motifs is 1. The number of piperazine rings is 1. The molecule has 0 amide bonds. The molecule has 0 bridgehead atoms. The van der Waals surface area contributed by atoms with Gasteiger partial charge in [-0.3, -0.25) is 0 Å². The van der Waals surface area contributed by atoms with Gasteiger partial charge in [0, 0.05) is 32.6 Å². The second kappa shape index (κ2) is 9.54. The zero-order valence-corrected chi connectivity index (χ0v) is 20.0. The van der Waals surface area contributed by atoms with Crippen LogP contribution >= 0.6 is 0 Å². The van der Waals surface area contributed by atoms with Crippen molar-refractivity contribution in [2.45, 2.75) is 46.5 Å². The Labute approximate surface area is 190 Å². The highest BCUT2D eigenvalue weighted by Gasteiger charge is 2.29. The van der Waals surface area contributed by atoms with Crippen LogP contribution in [-0.4, -0.2) is 64.4 Å². The van der Waals surface area contributed by atoms with Crippen molar-refractivity contribution < 1.29 is 8.42 Å². The average molecular weight is 457 g/mol. The lowest BCUT2D eigenvalue weighted by atomic mass is 10.2. The lowest BCUT2D eigenvalue weighted by Gasteiger charge is -2.35. The van der Waals surface area contributed by atoms with Crippen LogP contribution in [0.15, 0.2) is 30.3 Å². The molecule has 1 fully saturated rings. The average Bonchev–Trinajstić information content (AvgIpc) is 3.14. The first kappa shape index (κ1) is 22.7. The normalized spacial score (nSPS) is 15.5. The summed E-state index contributed by atoms with van der Waals surface area (Å²) in [7, 11) is -3.19. The molecular weight excluding hydrogens is 424 g/mol. The van der Waals surface area contributed by atoms with Crippen LogP contribution in [0.1, 0.15) is 44.6 Å². The molecule has 1 aliphatic heterocycles. The third-order valence-corrected chi connectivity index (χ3v) is 7.85. The fourth-order valence-electron chi connectivity index (χ4n) is 4.15. The minimum Gasteiger partial charge on any atom is -0.353 e. The van der Waals surface area contributed by atoms with Crippen LogP contribution in [0.25, 0.3) is 16.7 Å². The lowest BCUT2D eigenvalue weighted by molar-refractivity contribution is 0.383. The topological polar surface area (TPSA) is 84.2 Å². The van der Waals surface area contributed by atoms with Crippen LogP contribution in [0.5, 0.6) is 0 Å². The van der Waals surface area contributed by atoms with Gasteiger partial charge in [-0.15, -0.1) is 0 Å². The lowest BCUT2D eigenvalue weighted by Crippen LogP contribution is -2.49. The molecule has 0 radical (unpaired) electrons. The van der Waals surface area contributed by atoms with E-state index in [9.17, 15) is 8.42 Å². The van der Waals surface area contributed by atoms with Crippen LogP contribution in [-0.2, 0) is 16.4 Å². The van der Waals surface area contributed by atoms with Crippen molar-refractivity contribution in [3.05, 3.63) is 41.9 Å². The van der Waals surface area contributed by atoms with Gasteiger partial charge >= 0.3 is 0 Å². The van der Waals surface area contributed by atoms with E-state index in [1.165, 1.54) is 0 Å². The van der Waals surface area contributed by atoms with Gasteiger partial charge in [-0.05, 0) is 31.9 Å². The summed E-state index contributed by atoms with van der Waals surface area (Å²) in [5.74, 6) is 1.89. The number of aryl methyl sites for hydroxylation is 2. The molecule has 0 atom stereocenters. The maximum atomic E-state index is 12.6. The number of hydrogen-bond acceptors (Lipinski definition) is 6. The van der Waals surface area contributed by atoms with Crippen LogP contribution in [0.3, 0.4) is 0 Å². The van der Waals surface area contributed by atoms with Crippen LogP contribution < -0.4 is 4.90 Å². The quantitative estimate of drug-likeness (QED) is 0.517. The van der Waals surface area contributed by atoms with Gasteiger partial charge in [0.05, 0.1) is 22.5 Å². The first-order valence-corrected chi connectivity index (χ1v) is 13.1. The summed E-state index contributed by atoms with van der Waals surface area (Å²) in [5.41, 5.74) is 2.64. The molecule has 0 saturated carbocycles. The number of nitrogens with zero attached hydrogens (tertiary/aromatic N) is 6. The molecule has 1 saturated heterocycles. The first-order chi connectivity index (χ1) is 15.4. The van der Waals surface area contributed by atoms with Gasteiger partial charge in [-0.2, -0.15) is 9.40 Å². The Balaban J connectivity index is 1.69. The van der Waals surface area contributed by atoms with Crippen molar-refractivity contribution in [1.29, 1.82) is 0 Å². The maximum absolute atomic E-state index is 12.6. The highest BCUT2D eigenvalue weighted by atomic mass is 32.2. The van der Waals surface area contributed by atoms with Crippen molar-refractivity contribution in [3.8, 4) is 5.69 Å². The van der Waals surface area contributed by atoms with E-state index in [0.29, 0.717) is 32.6 Å². The van der Waals surface area contributed by atoms with Crippen LogP contribution in [0.2, 0.25) is 0 Å². The first-order valence-electron chi connectivity index (χ1n) is 11.5. The Morgan fingerprint density at radius 2 is 1.69 bits per heavy atom. The maximum Gasteiger partial charge on any atom is 0.214 e. The van der Waals surface area contributed by atoms with Crippen molar-refractivity contribution >= 4 is 26.9 Å². The van der Waals surface area contributed by atoms with E-state index in [1.807, 2.05) is 48.9 Å². The highest BCUT2D eigenvalue weighted by molar-refractivity contribution is 7.89. The van der Waals surface area contributed by atoms with E-state index in [-0.39, 0.29) is 5.75 Å². The molecule has 0 N–H and O–H groups in total. The SMILES string of the molecule is CCCCS(=O)(=O)N1CCN(c2nc(CCC)nc3c2c(C)nn3-c2ccccc2)CC1. The number of anilines is 1. The van der Waals surface area contributed by atoms with Crippen molar-refractivity contribution in [2.75, 3.05) is 36.8 Å². The van der Waals surface area contributed by atoms with E-state index >= 15 is 0 Å². The summed E-state index contributed by atoms with van der Waals surface area (Å²) in [5, 5.41) is 5.73. The number of unbranched alkanes of at least 4 members (excludes halogenated alkanes) is 1. The van der Waals surface area contributed by atoms with Crippen LogP contribution in [0, 0.1) is 6.92 Å². The number of para-hydroxylation sites is 1.